The van der Waals surface area contributed by atoms with E-state index in [9.17, 15) is 8.42 Å². The van der Waals surface area contributed by atoms with Crippen LogP contribution >= 0.6 is 24.0 Å². The third kappa shape index (κ3) is 5.25. The van der Waals surface area contributed by atoms with E-state index in [2.05, 4.69) is 4.72 Å². The zero-order chi connectivity index (χ0) is 15.3. The summed E-state index contributed by atoms with van der Waals surface area (Å²) < 4.78 is 27.1. The van der Waals surface area contributed by atoms with E-state index >= 15 is 0 Å². The Morgan fingerprint density at radius 2 is 2.14 bits per heavy atom. The Morgan fingerprint density at radius 3 is 2.81 bits per heavy atom. The molecule has 3 N–H and O–H groups in total. The number of nitrogens with one attached hydrogen (secondary N) is 1. The second-order valence-corrected chi connectivity index (χ2v) is 8.77. The third-order valence-electron chi connectivity index (χ3n) is 3.43. The van der Waals surface area contributed by atoms with Gasteiger partial charge < -0.3 is 5.73 Å². The monoisotopic (exact) mass is 344 g/mol. The predicted octanol–water partition coefficient (Wildman–Crippen LogP) is 2.03. The largest absolute Gasteiger partial charge is 0.389 e. The van der Waals surface area contributed by atoms with Crippen LogP contribution in [0.25, 0.3) is 0 Å². The van der Waals surface area contributed by atoms with Crippen LogP contribution in [0.1, 0.15) is 30.4 Å². The van der Waals surface area contributed by atoms with Crippen molar-refractivity contribution in [1.82, 2.24) is 4.72 Å². The van der Waals surface area contributed by atoms with E-state index in [1.54, 1.807) is 24.3 Å². The number of rotatable bonds is 6. The van der Waals surface area contributed by atoms with Crippen LogP contribution in [-0.2, 0) is 15.8 Å². The minimum absolute atomic E-state index is 0.0854. The lowest BCUT2D eigenvalue weighted by Crippen LogP contribution is -2.33. The molecular formula is C14H20N2O2S3. The number of hydrogen-bond acceptors (Lipinski definition) is 4. The molecule has 1 fully saturated rings. The smallest absolute Gasteiger partial charge is 0.215 e. The van der Waals surface area contributed by atoms with Gasteiger partial charge in [0.2, 0.25) is 10.0 Å². The van der Waals surface area contributed by atoms with Gasteiger partial charge in [0.25, 0.3) is 0 Å². The van der Waals surface area contributed by atoms with Gasteiger partial charge in [-0.15, -0.1) is 0 Å². The highest BCUT2D eigenvalue weighted by Crippen LogP contribution is 2.24. The van der Waals surface area contributed by atoms with Crippen molar-refractivity contribution in [1.29, 1.82) is 0 Å². The van der Waals surface area contributed by atoms with Crippen molar-refractivity contribution in [2.45, 2.75) is 30.3 Å². The molecule has 4 nitrogen and oxygen atoms in total. The van der Waals surface area contributed by atoms with Gasteiger partial charge in [0, 0.05) is 17.4 Å². The number of nitrogens with two attached hydrogens (primary N) is 1. The summed E-state index contributed by atoms with van der Waals surface area (Å²) in [6.07, 6.45) is 3.50. The Balaban J connectivity index is 1.99. The van der Waals surface area contributed by atoms with E-state index in [-0.39, 0.29) is 10.7 Å². The van der Waals surface area contributed by atoms with Crippen molar-refractivity contribution >= 4 is 39.0 Å². The van der Waals surface area contributed by atoms with Crippen LogP contribution in [0.5, 0.6) is 0 Å². The van der Waals surface area contributed by atoms with Crippen molar-refractivity contribution in [2.24, 2.45) is 5.73 Å². The van der Waals surface area contributed by atoms with E-state index in [1.807, 2.05) is 11.8 Å². The van der Waals surface area contributed by atoms with E-state index in [4.69, 9.17) is 18.0 Å². The van der Waals surface area contributed by atoms with E-state index in [0.29, 0.717) is 22.9 Å². The second kappa shape index (κ2) is 7.58. The Hall–Kier alpha value is -0.630. The molecule has 116 valence electrons. The standard InChI is InChI=1S/C14H20N2O2S3/c15-14(19)13-7-2-1-5-11(13)10-21(17,18)16-9-12-6-3-4-8-20-12/h1-2,5,7,12,16H,3-4,6,8-10H2,(H2,15,19). The first-order valence-electron chi connectivity index (χ1n) is 6.94. The molecule has 1 aromatic carbocycles. The predicted molar refractivity (Wildman–Crippen MR) is 93.1 cm³/mol. The van der Waals surface area contributed by atoms with Crippen LogP contribution in [0.3, 0.4) is 0 Å². The molecule has 0 saturated carbocycles. The number of thiocarbonyl (C=S) groups is 1. The van der Waals surface area contributed by atoms with Crippen LogP contribution in [0.4, 0.5) is 0 Å². The Labute approximate surface area is 135 Å². The van der Waals surface area contributed by atoms with E-state index in [0.717, 1.165) is 12.2 Å². The first-order valence-corrected chi connectivity index (χ1v) is 10.1. The van der Waals surface area contributed by atoms with Crippen LogP contribution in [0, 0.1) is 0 Å². The molecule has 0 aliphatic carbocycles. The molecule has 1 unspecified atom stereocenters. The summed E-state index contributed by atoms with van der Waals surface area (Å²) in [5.74, 6) is 1.04. The maximum Gasteiger partial charge on any atom is 0.215 e. The molecule has 1 heterocycles. The summed E-state index contributed by atoms with van der Waals surface area (Å²) in [6.45, 7) is 0.502. The molecule has 7 heteroatoms. The molecule has 1 aliphatic rings. The highest BCUT2D eigenvalue weighted by Gasteiger charge is 2.19. The fourth-order valence-corrected chi connectivity index (χ4v) is 5.09. The van der Waals surface area contributed by atoms with Crippen molar-refractivity contribution in [3.63, 3.8) is 0 Å². The van der Waals surface area contributed by atoms with E-state index in [1.165, 1.54) is 12.8 Å². The number of benzene rings is 1. The van der Waals surface area contributed by atoms with Crippen LogP contribution in [0.15, 0.2) is 24.3 Å². The van der Waals surface area contributed by atoms with Gasteiger partial charge in [0.15, 0.2) is 0 Å². The number of thioether (sulfide) groups is 1. The van der Waals surface area contributed by atoms with Crippen molar-refractivity contribution in [2.75, 3.05) is 12.3 Å². The Kier molecular flexibility index (Phi) is 6.04. The Morgan fingerprint density at radius 1 is 1.38 bits per heavy atom. The van der Waals surface area contributed by atoms with Gasteiger partial charge >= 0.3 is 0 Å². The van der Waals surface area contributed by atoms with Gasteiger partial charge in [-0.3, -0.25) is 0 Å². The average Bonchev–Trinajstić information content (AvgIpc) is 2.46. The fourth-order valence-electron chi connectivity index (χ4n) is 2.33. The van der Waals surface area contributed by atoms with Gasteiger partial charge in [-0.05, 0) is 24.2 Å². The maximum absolute atomic E-state index is 12.2. The van der Waals surface area contributed by atoms with Gasteiger partial charge in [0.1, 0.15) is 4.99 Å². The fraction of sp³-hybridized carbons (Fsp3) is 0.500. The summed E-state index contributed by atoms with van der Waals surface area (Å²) in [6, 6.07) is 7.10. The van der Waals surface area contributed by atoms with Gasteiger partial charge in [-0.25, -0.2) is 13.1 Å². The summed E-state index contributed by atoms with van der Waals surface area (Å²) in [5, 5.41) is 0.388. The number of hydrogen-bond donors (Lipinski definition) is 2. The SMILES string of the molecule is NC(=S)c1ccccc1CS(=O)(=O)NCC1CCCCS1. The lowest BCUT2D eigenvalue weighted by atomic mass is 10.1. The molecule has 0 radical (unpaired) electrons. The molecule has 1 aromatic rings. The molecule has 0 amide bonds. The lowest BCUT2D eigenvalue weighted by Gasteiger charge is -2.21. The average molecular weight is 345 g/mol. The molecule has 1 saturated heterocycles. The molecule has 1 aliphatic heterocycles. The third-order valence-corrected chi connectivity index (χ3v) is 6.35. The van der Waals surface area contributed by atoms with Gasteiger partial charge in [-0.2, -0.15) is 11.8 Å². The zero-order valence-corrected chi connectivity index (χ0v) is 14.2. The number of sulfonamides is 1. The topological polar surface area (TPSA) is 72.2 Å². The molecule has 0 bridgehead atoms. The van der Waals surface area contributed by atoms with Crippen molar-refractivity contribution in [3.05, 3.63) is 35.4 Å². The Bertz CT molecular complexity index is 596. The van der Waals surface area contributed by atoms with Gasteiger partial charge in [-0.1, -0.05) is 42.9 Å². The normalized spacial score (nSPS) is 19.3. The molecule has 1 atom stereocenters. The van der Waals surface area contributed by atoms with Crippen LogP contribution in [0.2, 0.25) is 0 Å². The summed E-state index contributed by atoms with van der Waals surface area (Å²) >= 11 is 6.82. The highest BCUT2D eigenvalue weighted by atomic mass is 32.2. The minimum atomic E-state index is -3.37. The quantitative estimate of drug-likeness (QED) is 0.773. The molecule has 2 rings (SSSR count). The molecular weight excluding hydrogens is 324 g/mol. The van der Waals surface area contributed by atoms with Crippen molar-refractivity contribution in [3.8, 4) is 0 Å². The van der Waals surface area contributed by atoms with Gasteiger partial charge in [0.05, 0.1) is 5.75 Å². The first kappa shape index (κ1) is 16.7. The molecule has 0 aromatic heterocycles. The second-order valence-electron chi connectivity index (χ2n) is 5.12. The van der Waals surface area contributed by atoms with E-state index < -0.39 is 10.0 Å². The molecule has 0 spiro atoms. The van der Waals surface area contributed by atoms with Crippen molar-refractivity contribution < 1.29 is 8.42 Å². The lowest BCUT2D eigenvalue weighted by molar-refractivity contribution is 0.573. The molecule has 21 heavy (non-hydrogen) atoms. The summed E-state index contributed by atoms with van der Waals surface area (Å²) in [7, 11) is -3.37. The zero-order valence-electron chi connectivity index (χ0n) is 11.7. The first-order chi connectivity index (χ1) is 9.98. The summed E-state index contributed by atoms with van der Waals surface area (Å²) in [4.78, 5) is 0.226. The minimum Gasteiger partial charge on any atom is -0.389 e. The highest BCUT2D eigenvalue weighted by molar-refractivity contribution is 8.00. The van der Waals surface area contributed by atoms with Crippen LogP contribution in [-0.4, -0.2) is 31.0 Å². The van der Waals surface area contributed by atoms with Crippen LogP contribution < -0.4 is 10.5 Å². The maximum atomic E-state index is 12.2. The summed E-state index contributed by atoms with van der Waals surface area (Å²) in [5.41, 5.74) is 6.91.